The summed E-state index contributed by atoms with van der Waals surface area (Å²) in [5.74, 6) is -0.940. The van der Waals surface area contributed by atoms with E-state index in [-0.39, 0.29) is 16.7 Å². The maximum Gasteiger partial charge on any atom is 0.308 e. The van der Waals surface area contributed by atoms with E-state index in [9.17, 15) is 14.4 Å². The van der Waals surface area contributed by atoms with Gasteiger partial charge in [-0.05, 0) is 87.1 Å². The summed E-state index contributed by atoms with van der Waals surface area (Å²) in [6.45, 7) is 7.15. The smallest absolute Gasteiger partial charge is 0.308 e. The van der Waals surface area contributed by atoms with Crippen molar-refractivity contribution in [3.05, 3.63) is 82.7 Å². The molecule has 1 aliphatic heterocycles. The van der Waals surface area contributed by atoms with Gasteiger partial charge in [0.1, 0.15) is 11.3 Å². The van der Waals surface area contributed by atoms with Crippen molar-refractivity contribution in [3.63, 3.8) is 0 Å². The van der Waals surface area contributed by atoms with Crippen LogP contribution in [0.3, 0.4) is 0 Å². The molecular weight excluding hydrogens is 450 g/mol. The molecule has 1 aromatic heterocycles. The van der Waals surface area contributed by atoms with Gasteiger partial charge in [0, 0.05) is 24.0 Å². The number of carbonyl (C=O) groups excluding carboxylic acids is 3. The fraction of sp³-hybridized carbons (Fsp3) is 0.154. The number of amides is 2. The number of carbonyl (C=O) groups is 3. The van der Waals surface area contributed by atoms with E-state index < -0.39 is 11.8 Å². The lowest BCUT2D eigenvalue weighted by atomic mass is 10.1. The van der Waals surface area contributed by atoms with Crippen LogP contribution in [0.15, 0.2) is 60.2 Å². The van der Waals surface area contributed by atoms with Gasteiger partial charge in [-0.1, -0.05) is 17.7 Å². The van der Waals surface area contributed by atoms with E-state index >= 15 is 0 Å². The molecule has 8 heteroatoms. The van der Waals surface area contributed by atoms with Crippen molar-refractivity contribution in [1.29, 1.82) is 0 Å². The van der Waals surface area contributed by atoms with Crippen molar-refractivity contribution >= 4 is 46.9 Å². The molecule has 1 saturated heterocycles. The van der Waals surface area contributed by atoms with Crippen molar-refractivity contribution in [3.8, 4) is 11.4 Å². The quantitative estimate of drug-likeness (QED) is 0.202. The zero-order valence-electron chi connectivity index (χ0n) is 19.2. The van der Waals surface area contributed by atoms with Crippen LogP contribution in [0.2, 0.25) is 0 Å². The third-order valence-corrected chi connectivity index (χ3v) is 5.81. The first-order valence-electron chi connectivity index (χ1n) is 10.6. The second kappa shape index (κ2) is 9.07. The highest BCUT2D eigenvalue weighted by Gasteiger charge is 2.34. The summed E-state index contributed by atoms with van der Waals surface area (Å²) in [6, 6.07) is 16.4. The third-order valence-electron chi connectivity index (χ3n) is 5.52. The van der Waals surface area contributed by atoms with Gasteiger partial charge >= 0.3 is 5.97 Å². The van der Waals surface area contributed by atoms with Gasteiger partial charge in [-0.2, -0.15) is 0 Å². The summed E-state index contributed by atoms with van der Waals surface area (Å²) in [4.78, 5) is 38.5. The number of aryl methyl sites for hydroxylation is 2. The van der Waals surface area contributed by atoms with Crippen LogP contribution in [0.5, 0.6) is 5.75 Å². The Bertz CT molecular complexity index is 1350. The molecule has 0 saturated carbocycles. The Morgan fingerprint density at radius 3 is 2.21 bits per heavy atom. The summed E-state index contributed by atoms with van der Waals surface area (Å²) in [6.07, 6.45) is 1.59. The number of benzene rings is 2. The van der Waals surface area contributed by atoms with Crippen LogP contribution in [-0.2, 0) is 14.4 Å². The number of rotatable bonds is 4. The average molecular weight is 474 g/mol. The summed E-state index contributed by atoms with van der Waals surface area (Å²) in [7, 11) is 0. The Labute approximate surface area is 202 Å². The van der Waals surface area contributed by atoms with Crippen LogP contribution < -0.4 is 15.0 Å². The number of esters is 1. The Morgan fingerprint density at radius 1 is 0.971 bits per heavy atom. The maximum atomic E-state index is 13.3. The van der Waals surface area contributed by atoms with E-state index in [1.54, 1.807) is 30.3 Å². The molecule has 0 radical (unpaired) electrons. The molecule has 1 fully saturated rings. The van der Waals surface area contributed by atoms with E-state index in [4.69, 9.17) is 17.0 Å². The highest BCUT2D eigenvalue weighted by molar-refractivity contribution is 7.80. The number of hydrogen-bond donors (Lipinski definition) is 1. The van der Waals surface area contributed by atoms with Crippen LogP contribution in [-0.4, -0.2) is 27.5 Å². The minimum absolute atomic E-state index is 0.000342. The first-order valence-corrected chi connectivity index (χ1v) is 11.0. The molecular formula is C26H23N3O4S. The predicted molar refractivity (Wildman–Crippen MR) is 134 cm³/mol. The van der Waals surface area contributed by atoms with Crippen LogP contribution >= 0.6 is 12.2 Å². The van der Waals surface area contributed by atoms with Gasteiger partial charge in [-0.15, -0.1) is 0 Å². The lowest BCUT2D eigenvalue weighted by Crippen LogP contribution is -2.54. The minimum atomic E-state index is -0.533. The first kappa shape index (κ1) is 23.1. The molecule has 34 heavy (non-hydrogen) atoms. The molecule has 0 spiro atoms. The van der Waals surface area contributed by atoms with Gasteiger partial charge in [0.2, 0.25) is 0 Å². The molecule has 7 nitrogen and oxygen atoms in total. The second-order valence-corrected chi connectivity index (χ2v) is 8.43. The Morgan fingerprint density at radius 2 is 1.59 bits per heavy atom. The minimum Gasteiger partial charge on any atom is -0.427 e. The van der Waals surface area contributed by atoms with Gasteiger partial charge in [-0.25, -0.2) is 0 Å². The molecule has 2 amide bonds. The molecule has 3 aromatic rings. The molecule has 0 unspecified atom stereocenters. The fourth-order valence-corrected chi connectivity index (χ4v) is 4.18. The van der Waals surface area contributed by atoms with E-state index in [0.29, 0.717) is 11.4 Å². The second-order valence-electron chi connectivity index (χ2n) is 8.04. The largest absolute Gasteiger partial charge is 0.427 e. The zero-order chi connectivity index (χ0) is 24.6. The molecule has 1 N–H and O–H groups in total. The fourth-order valence-electron chi connectivity index (χ4n) is 3.90. The third kappa shape index (κ3) is 4.40. The summed E-state index contributed by atoms with van der Waals surface area (Å²) in [5.41, 5.74) is 4.99. The maximum absolute atomic E-state index is 13.3. The topological polar surface area (TPSA) is 80.6 Å². The molecule has 0 bridgehead atoms. The molecule has 2 heterocycles. The van der Waals surface area contributed by atoms with Gasteiger partial charge in [0.05, 0.1) is 5.69 Å². The summed E-state index contributed by atoms with van der Waals surface area (Å²) >= 11 is 5.28. The zero-order valence-corrected chi connectivity index (χ0v) is 20.0. The highest BCUT2D eigenvalue weighted by Crippen LogP contribution is 2.27. The predicted octanol–water partition coefficient (Wildman–Crippen LogP) is 4.16. The van der Waals surface area contributed by atoms with Crippen molar-refractivity contribution in [1.82, 2.24) is 9.88 Å². The van der Waals surface area contributed by atoms with E-state index in [1.165, 1.54) is 11.8 Å². The molecule has 0 aliphatic carbocycles. The van der Waals surface area contributed by atoms with Gasteiger partial charge in [0.25, 0.3) is 11.8 Å². The molecule has 172 valence electrons. The van der Waals surface area contributed by atoms with Crippen LogP contribution in [0.4, 0.5) is 5.69 Å². The Hall–Kier alpha value is -4.04. The number of hydrogen-bond acceptors (Lipinski definition) is 5. The van der Waals surface area contributed by atoms with E-state index in [0.717, 1.165) is 28.2 Å². The highest BCUT2D eigenvalue weighted by atomic mass is 32.1. The molecule has 1 aliphatic rings. The van der Waals surface area contributed by atoms with Crippen LogP contribution in [0, 0.1) is 20.8 Å². The summed E-state index contributed by atoms with van der Waals surface area (Å²) < 4.78 is 7.10. The standard InChI is InChI=1S/C26H23N3O4S/c1-15-5-7-21(8-6-15)29-25(32)23(24(31)27-26(29)34)14-19-13-16(2)28(17(19)3)20-9-11-22(12-10-20)33-18(4)30/h5-14H,1-4H3,(H,27,31,34). The van der Waals surface area contributed by atoms with Crippen molar-refractivity contribution in [2.75, 3.05) is 4.90 Å². The average Bonchev–Trinajstić information content (AvgIpc) is 3.05. The Balaban J connectivity index is 1.70. The lowest BCUT2D eigenvalue weighted by molar-refractivity contribution is -0.132. The van der Waals surface area contributed by atoms with E-state index in [1.807, 2.05) is 55.7 Å². The van der Waals surface area contributed by atoms with Gasteiger partial charge in [0.15, 0.2) is 5.11 Å². The number of aromatic nitrogens is 1. The number of nitrogens with one attached hydrogen (secondary N) is 1. The lowest BCUT2D eigenvalue weighted by Gasteiger charge is -2.29. The number of thiocarbonyl (C=S) groups is 1. The van der Waals surface area contributed by atoms with Crippen molar-refractivity contribution in [2.24, 2.45) is 0 Å². The van der Waals surface area contributed by atoms with Crippen LogP contribution in [0.25, 0.3) is 11.8 Å². The summed E-state index contributed by atoms with van der Waals surface area (Å²) in [5, 5.41) is 2.67. The number of nitrogens with zero attached hydrogens (tertiary/aromatic N) is 2. The molecule has 0 atom stereocenters. The van der Waals surface area contributed by atoms with Crippen LogP contribution in [0.1, 0.15) is 29.4 Å². The van der Waals surface area contributed by atoms with Gasteiger partial charge < -0.3 is 9.30 Å². The monoisotopic (exact) mass is 473 g/mol. The van der Waals surface area contributed by atoms with Crippen molar-refractivity contribution in [2.45, 2.75) is 27.7 Å². The number of ether oxygens (including phenoxy) is 1. The van der Waals surface area contributed by atoms with Gasteiger partial charge in [-0.3, -0.25) is 24.6 Å². The van der Waals surface area contributed by atoms with Crippen molar-refractivity contribution < 1.29 is 19.1 Å². The molecule has 2 aromatic carbocycles. The molecule has 4 rings (SSSR count). The normalized spacial score (nSPS) is 15.0. The first-order chi connectivity index (χ1) is 16.2. The number of anilines is 1. The Kier molecular flexibility index (Phi) is 6.17. The van der Waals surface area contributed by atoms with E-state index in [2.05, 4.69) is 5.32 Å². The SMILES string of the molecule is CC(=O)Oc1ccc(-n2c(C)cc(C=C3C(=O)NC(=S)N(c4ccc(C)cc4)C3=O)c2C)cc1.